The minimum absolute atomic E-state index is 0. The minimum Gasteiger partial charge on any atom is -0.357 e. The van der Waals surface area contributed by atoms with Crippen molar-refractivity contribution in [2.45, 2.75) is 39.0 Å². The van der Waals surface area contributed by atoms with Gasteiger partial charge in [0.1, 0.15) is 5.01 Å². The molecule has 166 valence electrons. The molecule has 0 atom stereocenters. The summed E-state index contributed by atoms with van der Waals surface area (Å²) in [7, 11) is 0. The molecule has 2 aromatic heterocycles. The fraction of sp³-hybridized carbons (Fsp3) is 0.500. The number of carbonyl (C=O) groups is 1. The molecule has 0 bridgehead atoms. The molecule has 3 rings (SSSR count). The van der Waals surface area contributed by atoms with Crippen LogP contribution in [-0.4, -0.2) is 41.4 Å². The molecule has 0 radical (unpaired) electrons. The van der Waals surface area contributed by atoms with Crippen LogP contribution in [0.5, 0.6) is 0 Å². The first-order chi connectivity index (χ1) is 13.9. The maximum Gasteiger partial charge on any atom is 0.434 e. The largest absolute Gasteiger partial charge is 0.434 e. The Bertz CT molecular complexity index is 868. The van der Waals surface area contributed by atoms with Gasteiger partial charge >= 0.3 is 6.18 Å². The number of nitrogens with zero attached hydrogens (tertiary/aromatic N) is 3. The highest BCUT2D eigenvalue weighted by Gasteiger charge is 2.33. The first-order valence-electron chi connectivity index (χ1n) is 9.23. The van der Waals surface area contributed by atoms with Gasteiger partial charge in [-0.1, -0.05) is 0 Å². The van der Waals surface area contributed by atoms with E-state index in [-0.39, 0.29) is 41.4 Å². The molecule has 0 saturated heterocycles. The second kappa shape index (κ2) is 11.3. The molecule has 0 spiro atoms. The Balaban J connectivity index is 0.00000320. The third-order valence-electron chi connectivity index (χ3n) is 4.35. The lowest BCUT2D eigenvalue weighted by Crippen LogP contribution is -2.41. The summed E-state index contributed by atoms with van der Waals surface area (Å²) >= 11 is 2.66. The molecule has 12 heteroatoms. The van der Waals surface area contributed by atoms with Crippen molar-refractivity contribution in [1.29, 1.82) is 0 Å². The van der Waals surface area contributed by atoms with Gasteiger partial charge in [-0.2, -0.15) is 13.2 Å². The Morgan fingerprint density at radius 3 is 2.83 bits per heavy atom. The van der Waals surface area contributed by atoms with Gasteiger partial charge in [-0.25, -0.2) is 9.98 Å². The highest BCUT2D eigenvalue weighted by atomic mass is 127. The van der Waals surface area contributed by atoms with E-state index >= 15 is 0 Å². The monoisotopic (exact) mass is 573 g/mol. The second-order valence-corrected chi connectivity index (χ2v) is 8.37. The first kappa shape index (κ1) is 24.9. The van der Waals surface area contributed by atoms with Gasteiger partial charge in [0.2, 0.25) is 5.91 Å². The van der Waals surface area contributed by atoms with Gasteiger partial charge in [0.15, 0.2) is 11.7 Å². The van der Waals surface area contributed by atoms with Gasteiger partial charge < -0.3 is 15.5 Å². The third kappa shape index (κ3) is 6.80. The lowest BCUT2D eigenvalue weighted by atomic mass is 10.1. The molecule has 2 aromatic rings. The molecular weight excluding hydrogens is 550 g/mol. The van der Waals surface area contributed by atoms with Crippen molar-refractivity contribution in [3.05, 3.63) is 38.0 Å². The average molecular weight is 573 g/mol. The van der Waals surface area contributed by atoms with Crippen LogP contribution in [-0.2, 0) is 30.5 Å². The lowest BCUT2D eigenvalue weighted by Gasteiger charge is -2.27. The molecule has 0 aromatic carbocycles. The molecular formula is C18H23F3IN5OS2. The van der Waals surface area contributed by atoms with E-state index in [1.807, 2.05) is 11.8 Å². The van der Waals surface area contributed by atoms with Crippen LogP contribution in [0.25, 0.3) is 0 Å². The quantitative estimate of drug-likeness (QED) is 0.313. The summed E-state index contributed by atoms with van der Waals surface area (Å²) in [5.74, 6) is 0.516. The number of thiazole rings is 1. The SMILES string of the molecule is CCNC(=NCc1nc(C(F)(F)F)cs1)NCCC(=O)N1CCc2sccc2C1.I. The van der Waals surface area contributed by atoms with Gasteiger partial charge in [-0.3, -0.25) is 4.79 Å². The zero-order chi connectivity index (χ0) is 20.9. The molecule has 3 heterocycles. The molecule has 0 unspecified atom stereocenters. The number of thiophene rings is 1. The van der Waals surface area contributed by atoms with E-state index < -0.39 is 11.9 Å². The normalized spacial score (nSPS) is 14.1. The van der Waals surface area contributed by atoms with E-state index in [0.29, 0.717) is 32.0 Å². The molecule has 6 nitrogen and oxygen atoms in total. The molecule has 1 aliphatic rings. The van der Waals surface area contributed by atoms with E-state index in [1.165, 1.54) is 10.4 Å². The van der Waals surface area contributed by atoms with Crippen molar-refractivity contribution in [3.63, 3.8) is 0 Å². The van der Waals surface area contributed by atoms with Crippen LogP contribution in [0.3, 0.4) is 0 Å². The van der Waals surface area contributed by atoms with Crippen LogP contribution in [0.15, 0.2) is 21.8 Å². The summed E-state index contributed by atoms with van der Waals surface area (Å²) in [4.78, 5) is 23.5. The Hall–Kier alpha value is -1.41. The topological polar surface area (TPSA) is 69.6 Å². The van der Waals surface area contributed by atoms with Crippen molar-refractivity contribution in [1.82, 2.24) is 20.5 Å². The summed E-state index contributed by atoms with van der Waals surface area (Å²) in [6, 6.07) is 2.07. The predicted octanol–water partition coefficient (Wildman–Crippen LogP) is 3.87. The minimum atomic E-state index is -4.44. The third-order valence-corrected chi connectivity index (χ3v) is 6.21. The number of guanidine groups is 1. The summed E-state index contributed by atoms with van der Waals surface area (Å²) in [6.45, 7) is 4.29. The maximum absolute atomic E-state index is 12.6. The molecule has 1 aliphatic heterocycles. The molecule has 30 heavy (non-hydrogen) atoms. The van der Waals surface area contributed by atoms with Gasteiger partial charge in [-0.15, -0.1) is 46.7 Å². The number of fused-ring (bicyclic) bond motifs is 1. The summed E-state index contributed by atoms with van der Waals surface area (Å²) in [5.41, 5.74) is 0.325. The number of alkyl halides is 3. The van der Waals surface area contributed by atoms with Crippen LogP contribution in [0, 0.1) is 0 Å². The van der Waals surface area contributed by atoms with Crippen molar-refractivity contribution < 1.29 is 18.0 Å². The van der Waals surface area contributed by atoms with E-state index in [0.717, 1.165) is 29.7 Å². The van der Waals surface area contributed by atoms with Crippen LogP contribution in [0.4, 0.5) is 13.2 Å². The summed E-state index contributed by atoms with van der Waals surface area (Å²) < 4.78 is 37.9. The first-order valence-corrected chi connectivity index (χ1v) is 11.0. The smallest absolute Gasteiger partial charge is 0.357 e. The second-order valence-electron chi connectivity index (χ2n) is 6.43. The summed E-state index contributed by atoms with van der Waals surface area (Å²) in [5, 5.41) is 9.41. The van der Waals surface area contributed by atoms with Gasteiger partial charge in [0.05, 0.1) is 6.54 Å². The van der Waals surface area contributed by atoms with Gasteiger partial charge in [-0.05, 0) is 30.4 Å². The van der Waals surface area contributed by atoms with Crippen LogP contribution in [0.1, 0.15) is 34.5 Å². The van der Waals surface area contributed by atoms with Crippen molar-refractivity contribution >= 4 is 58.5 Å². The number of aromatic nitrogens is 1. The van der Waals surface area contributed by atoms with Crippen LogP contribution in [0.2, 0.25) is 0 Å². The maximum atomic E-state index is 12.6. The van der Waals surface area contributed by atoms with E-state index in [2.05, 4.69) is 32.1 Å². The number of halogens is 4. The van der Waals surface area contributed by atoms with E-state index in [4.69, 9.17) is 0 Å². The van der Waals surface area contributed by atoms with Crippen LogP contribution < -0.4 is 10.6 Å². The summed E-state index contributed by atoms with van der Waals surface area (Å²) in [6.07, 6.45) is -3.23. The van der Waals surface area contributed by atoms with Crippen LogP contribution >= 0.6 is 46.7 Å². The predicted molar refractivity (Wildman–Crippen MR) is 123 cm³/mol. The standard InChI is InChI=1S/C18H22F3N5OS2.HI/c1-2-22-17(24-9-15-25-14(11-29-15)18(19,20)21)23-6-3-16(27)26-7-4-13-12(10-26)5-8-28-13;/h5,8,11H,2-4,6-7,9-10H2,1H3,(H2,22,23,24);1H. The number of aliphatic imine (C=N–C) groups is 1. The Morgan fingerprint density at radius 2 is 2.13 bits per heavy atom. The Labute approximate surface area is 198 Å². The number of nitrogens with one attached hydrogen (secondary N) is 2. The highest BCUT2D eigenvalue weighted by Crippen LogP contribution is 2.30. The molecule has 0 fully saturated rings. The zero-order valence-electron chi connectivity index (χ0n) is 16.3. The zero-order valence-corrected chi connectivity index (χ0v) is 20.3. The number of hydrogen-bond acceptors (Lipinski definition) is 5. The van der Waals surface area contributed by atoms with Crippen molar-refractivity contribution in [3.8, 4) is 0 Å². The number of carbonyl (C=O) groups excluding carboxylic acids is 1. The average Bonchev–Trinajstić information content (AvgIpc) is 3.34. The van der Waals surface area contributed by atoms with E-state index in [9.17, 15) is 18.0 Å². The van der Waals surface area contributed by atoms with Crippen molar-refractivity contribution in [2.75, 3.05) is 19.6 Å². The van der Waals surface area contributed by atoms with Crippen molar-refractivity contribution in [2.24, 2.45) is 4.99 Å². The lowest BCUT2D eigenvalue weighted by molar-refractivity contribution is -0.140. The molecule has 0 aliphatic carbocycles. The number of amides is 1. The number of hydrogen-bond donors (Lipinski definition) is 2. The Kier molecular flexibility index (Phi) is 9.34. The molecule has 1 amide bonds. The van der Waals surface area contributed by atoms with E-state index in [1.54, 1.807) is 11.3 Å². The fourth-order valence-corrected chi connectivity index (χ4v) is 4.52. The fourth-order valence-electron chi connectivity index (χ4n) is 2.91. The molecule has 0 saturated carbocycles. The Morgan fingerprint density at radius 1 is 1.33 bits per heavy atom. The van der Waals surface area contributed by atoms with Gasteiger partial charge in [0.25, 0.3) is 0 Å². The highest BCUT2D eigenvalue weighted by molar-refractivity contribution is 14.0. The van der Waals surface area contributed by atoms with Gasteiger partial charge in [0, 0.05) is 42.9 Å². The molecule has 2 N–H and O–H groups in total. The number of rotatable bonds is 6.